The Morgan fingerprint density at radius 1 is 1.12 bits per heavy atom. The number of fused-ring (bicyclic) bond motifs is 1. The topological polar surface area (TPSA) is 85.2 Å². The van der Waals surface area contributed by atoms with Crippen molar-refractivity contribution in [2.75, 3.05) is 0 Å². The molecule has 0 aliphatic carbocycles. The van der Waals surface area contributed by atoms with E-state index >= 15 is 0 Å². The van der Waals surface area contributed by atoms with Gasteiger partial charge in [-0.2, -0.15) is 0 Å². The fourth-order valence-corrected chi connectivity index (χ4v) is 4.97. The number of ether oxygens (including phenoxy) is 1. The predicted octanol–water partition coefficient (Wildman–Crippen LogP) is 6.98. The highest BCUT2D eigenvalue weighted by Gasteiger charge is 2.32. The summed E-state index contributed by atoms with van der Waals surface area (Å²) in [5.41, 5.74) is 3.59. The number of aromatic nitrogens is 3. The van der Waals surface area contributed by atoms with E-state index in [4.69, 9.17) is 32.9 Å². The van der Waals surface area contributed by atoms with Crippen LogP contribution >= 0.6 is 34.5 Å². The highest BCUT2D eigenvalue weighted by atomic mass is 35.5. The minimum Gasteiger partial charge on any atom is -0.479 e. The van der Waals surface area contributed by atoms with Gasteiger partial charge in [0, 0.05) is 22.3 Å². The lowest BCUT2D eigenvalue weighted by molar-refractivity contribution is -0.160. The number of aryl methyl sites for hydroxylation is 1. The SMILES string of the molecule is Cc1cc2nc(-c3ccnc(Cl)n3)sc2c(-c2ccc(Cl)cc2)c1C(OC(C)(C)C)C(=O)O. The molecule has 0 amide bonds. The van der Waals surface area contributed by atoms with Crippen LogP contribution in [0, 0.1) is 6.92 Å². The van der Waals surface area contributed by atoms with Crippen molar-refractivity contribution < 1.29 is 14.6 Å². The quantitative estimate of drug-likeness (QED) is 0.297. The summed E-state index contributed by atoms with van der Waals surface area (Å²) >= 11 is 13.5. The van der Waals surface area contributed by atoms with Crippen LogP contribution in [0.4, 0.5) is 0 Å². The number of thiazole rings is 1. The molecule has 4 rings (SSSR count). The van der Waals surface area contributed by atoms with Crippen molar-refractivity contribution in [1.82, 2.24) is 15.0 Å². The van der Waals surface area contributed by atoms with Gasteiger partial charge in [-0.1, -0.05) is 23.7 Å². The lowest BCUT2D eigenvalue weighted by Gasteiger charge is -2.28. The fourth-order valence-electron chi connectivity index (χ4n) is 3.60. The summed E-state index contributed by atoms with van der Waals surface area (Å²) in [5, 5.41) is 11.5. The standard InChI is InChI=1S/C24H21Cl2N3O3S/c1-12-11-16-20(33-21(28-16)15-9-10-27-23(26)29-15)18(13-5-7-14(25)8-6-13)17(12)19(22(30)31)32-24(2,3)4/h5-11,19H,1-4H3,(H,30,31). The Morgan fingerprint density at radius 3 is 2.42 bits per heavy atom. The van der Waals surface area contributed by atoms with Crippen LogP contribution in [0.25, 0.3) is 32.0 Å². The summed E-state index contributed by atoms with van der Waals surface area (Å²) in [6, 6.07) is 10.9. The largest absolute Gasteiger partial charge is 0.479 e. The van der Waals surface area contributed by atoms with Gasteiger partial charge in [-0.15, -0.1) is 11.3 Å². The molecule has 0 aliphatic heterocycles. The minimum atomic E-state index is -1.17. The van der Waals surface area contributed by atoms with Crippen LogP contribution in [-0.2, 0) is 9.53 Å². The average molecular weight is 502 g/mol. The molecule has 9 heteroatoms. The number of aliphatic carboxylic acids is 1. The van der Waals surface area contributed by atoms with E-state index in [-0.39, 0.29) is 5.28 Å². The van der Waals surface area contributed by atoms with Crippen molar-refractivity contribution >= 4 is 50.7 Å². The van der Waals surface area contributed by atoms with Gasteiger partial charge in [0.1, 0.15) is 10.7 Å². The van der Waals surface area contributed by atoms with Crippen molar-refractivity contribution in [2.45, 2.75) is 39.4 Å². The number of rotatable bonds is 5. The van der Waals surface area contributed by atoms with Gasteiger partial charge in [-0.25, -0.2) is 19.7 Å². The molecule has 6 nitrogen and oxygen atoms in total. The number of hydrogen-bond acceptors (Lipinski definition) is 6. The van der Waals surface area contributed by atoms with Crippen LogP contribution in [0.3, 0.4) is 0 Å². The van der Waals surface area contributed by atoms with Crippen LogP contribution in [0.2, 0.25) is 10.3 Å². The minimum absolute atomic E-state index is 0.131. The van der Waals surface area contributed by atoms with Gasteiger partial charge in [-0.3, -0.25) is 0 Å². The van der Waals surface area contributed by atoms with Gasteiger partial charge in [0.05, 0.1) is 15.8 Å². The number of halogens is 2. The van der Waals surface area contributed by atoms with Gasteiger partial charge in [0.25, 0.3) is 0 Å². The average Bonchev–Trinajstić information content (AvgIpc) is 3.15. The number of nitrogens with zero attached hydrogens (tertiary/aromatic N) is 3. The summed E-state index contributed by atoms with van der Waals surface area (Å²) < 4.78 is 6.85. The van der Waals surface area contributed by atoms with E-state index in [1.54, 1.807) is 24.4 Å². The first kappa shape index (κ1) is 23.6. The second-order valence-corrected chi connectivity index (χ2v) is 10.3. The molecule has 4 aromatic rings. The Hall–Kier alpha value is -2.58. The van der Waals surface area contributed by atoms with E-state index in [0.717, 1.165) is 26.9 Å². The van der Waals surface area contributed by atoms with Gasteiger partial charge >= 0.3 is 5.97 Å². The molecule has 1 atom stereocenters. The van der Waals surface area contributed by atoms with Crippen LogP contribution in [0.5, 0.6) is 0 Å². The number of hydrogen-bond donors (Lipinski definition) is 1. The van der Waals surface area contributed by atoms with Gasteiger partial charge in [-0.05, 0) is 74.7 Å². The molecule has 33 heavy (non-hydrogen) atoms. The van der Waals surface area contributed by atoms with Crippen LogP contribution in [0.1, 0.15) is 38.0 Å². The smallest absolute Gasteiger partial charge is 0.337 e. The Bertz CT molecular complexity index is 1350. The molecule has 1 unspecified atom stereocenters. The molecule has 0 bridgehead atoms. The molecular weight excluding hydrogens is 481 g/mol. The van der Waals surface area contributed by atoms with E-state index < -0.39 is 17.7 Å². The maximum absolute atomic E-state index is 12.4. The third-order valence-electron chi connectivity index (χ3n) is 4.86. The first-order valence-electron chi connectivity index (χ1n) is 10.1. The van der Waals surface area contributed by atoms with E-state index in [0.29, 0.717) is 21.3 Å². The van der Waals surface area contributed by atoms with E-state index in [1.807, 2.05) is 45.9 Å². The molecular formula is C24H21Cl2N3O3S. The summed E-state index contributed by atoms with van der Waals surface area (Å²) in [5.74, 6) is -1.06. The normalized spacial score (nSPS) is 12.8. The zero-order valence-electron chi connectivity index (χ0n) is 18.4. The zero-order valence-corrected chi connectivity index (χ0v) is 20.7. The summed E-state index contributed by atoms with van der Waals surface area (Å²) in [4.78, 5) is 25.4. The molecule has 0 spiro atoms. The lowest BCUT2D eigenvalue weighted by Crippen LogP contribution is -2.28. The Balaban J connectivity index is 2.04. The van der Waals surface area contributed by atoms with E-state index in [2.05, 4.69) is 9.97 Å². The first-order valence-corrected chi connectivity index (χ1v) is 11.7. The third-order valence-corrected chi connectivity index (χ3v) is 6.41. The maximum Gasteiger partial charge on any atom is 0.337 e. The molecule has 0 radical (unpaired) electrons. The molecule has 0 saturated heterocycles. The van der Waals surface area contributed by atoms with Crippen LogP contribution in [-0.4, -0.2) is 31.6 Å². The molecule has 0 fully saturated rings. The second-order valence-electron chi connectivity index (χ2n) is 8.52. The van der Waals surface area contributed by atoms with E-state index in [1.165, 1.54) is 11.3 Å². The van der Waals surface area contributed by atoms with Crippen molar-refractivity contribution in [3.63, 3.8) is 0 Å². The highest BCUT2D eigenvalue weighted by Crippen LogP contribution is 2.44. The summed E-state index contributed by atoms with van der Waals surface area (Å²) in [6.45, 7) is 7.38. The zero-order chi connectivity index (χ0) is 23.9. The molecule has 2 heterocycles. The van der Waals surface area contributed by atoms with Gasteiger partial charge < -0.3 is 9.84 Å². The highest BCUT2D eigenvalue weighted by molar-refractivity contribution is 7.22. The number of benzene rings is 2. The molecule has 0 saturated carbocycles. The lowest BCUT2D eigenvalue weighted by atomic mass is 9.91. The third kappa shape index (κ3) is 5.01. The summed E-state index contributed by atoms with van der Waals surface area (Å²) in [7, 11) is 0. The van der Waals surface area contributed by atoms with E-state index in [9.17, 15) is 9.90 Å². The monoisotopic (exact) mass is 501 g/mol. The number of carboxylic acids is 1. The fraction of sp³-hybridized carbons (Fsp3) is 0.250. The van der Waals surface area contributed by atoms with Crippen LogP contribution in [0.15, 0.2) is 42.6 Å². The van der Waals surface area contributed by atoms with Gasteiger partial charge in [0.2, 0.25) is 5.28 Å². The number of carboxylic acid groups (broad SMARTS) is 1. The first-order chi connectivity index (χ1) is 15.5. The second kappa shape index (κ2) is 8.99. The molecule has 2 aromatic heterocycles. The van der Waals surface area contributed by atoms with Crippen LogP contribution < -0.4 is 0 Å². The van der Waals surface area contributed by atoms with Gasteiger partial charge in [0.15, 0.2) is 6.10 Å². The Kier molecular flexibility index (Phi) is 6.42. The Morgan fingerprint density at radius 2 is 1.82 bits per heavy atom. The van der Waals surface area contributed by atoms with Crippen molar-refractivity contribution in [3.05, 3.63) is 64.0 Å². The Labute approximate surface area is 205 Å². The molecule has 170 valence electrons. The predicted molar refractivity (Wildman–Crippen MR) is 132 cm³/mol. The van der Waals surface area contributed by atoms with Crippen molar-refractivity contribution in [3.8, 4) is 21.8 Å². The van der Waals surface area contributed by atoms with Crippen molar-refractivity contribution in [2.24, 2.45) is 0 Å². The summed E-state index contributed by atoms with van der Waals surface area (Å²) in [6.07, 6.45) is 0.407. The number of carbonyl (C=O) groups is 1. The van der Waals surface area contributed by atoms with Crippen molar-refractivity contribution in [1.29, 1.82) is 0 Å². The molecule has 2 aromatic carbocycles. The molecule has 0 aliphatic rings. The molecule has 1 N–H and O–H groups in total. The maximum atomic E-state index is 12.4.